The van der Waals surface area contributed by atoms with Gasteiger partial charge in [0.15, 0.2) is 5.43 Å². The molecule has 13 nitrogen and oxygen atoms in total. The normalized spacial score (nSPS) is 15.6. The first-order chi connectivity index (χ1) is 24.9. The fraction of sp³-hybridized carbons (Fsp3) is 0.297. The average molecular weight is 728 g/mol. The molecule has 2 aliphatic rings. The highest BCUT2D eigenvalue weighted by Gasteiger charge is 2.33. The summed E-state index contributed by atoms with van der Waals surface area (Å²) >= 11 is 0. The van der Waals surface area contributed by atoms with E-state index in [9.17, 15) is 27.2 Å². The van der Waals surface area contributed by atoms with Crippen molar-refractivity contribution in [1.82, 2.24) is 24.1 Å². The molecule has 1 fully saturated rings. The van der Waals surface area contributed by atoms with E-state index in [0.717, 1.165) is 67.8 Å². The number of hydrogen-bond acceptors (Lipinski definition) is 10. The van der Waals surface area contributed by atoms with E-state index in [1.54, 1.807) is 30.6 Å². The third kappa shape index (κ3) is 6.99. The molecular weight excluding hydrogens is 690 g/mol. The van der Waals surface area contributed by atoms with Crippen molar-refractivity contribution in [2.45, 2.75) is 12.8 Å². The maximum absolute atomic E-state index is 14.0. The number of hydrogen-bond donors (Lipinski definition) is 3. The van der Waals surface area contributed by atoms with Crippen LogP contribution in [0.1, 0.15) is 33.6 Å². The smallest absolute Gasteiger partial charge is 0.261 e. The van der Waals surface area contributed by atoms with E-state index in [1.165, 1.54) is 17.0 Å². The second kappa shape index (κ2) is 14.1. The highest BCUT2D eigenvalue weighted by atomic mass is 32.2. The third-order valence-electron chi connectivity index (χ3n) is 9.64. The topological polar surface area (TPSA) is 171 Å². The molecule has 270 valence electrons. The number of imide groups is 1. The van der Waals surface area contributed by atoms with Crippen molar-refractivity contribution in [3.63, 3.8) is 0 Å². The Kier molecular flexibility index (Phi) is 9.52. The summed E-state index contributed by atoms with van der Waals surface area (Å²) in [4.78, 5) is 50.6. The molecule has 0 atom stereocenters. The van der Waals surface area contributed by atoms with Gasteiger partial charge in [0.2, 0.25) is 0 Å². The van der Waals surface area contributed by atoms with E-state index >= 15 is 0 Å². The monoisotopic (exact) mass is 727 g/mol. The van der Waals surface area contributed by atoms with Crippen LogP contribution >= 0.6 is 0 Å². The highest BCUT2D eigenvalue weighted by Crippen LogP contribution is 2.32. The number of aromatic nitrogens is 2. The number of nitrogens with two attached hydrogens (primary N) is 1. The maximum Gasteiger partial charge on any atom is 0.261 e. The van der Waals surface area contributed by atoms with Crippen molar-refractivity contribution in [3.8, 4) is 0 Å². The molecule has 1 saturated heterocycles. The summed E-state index contributed by atoms with van der Waals surface area (Å²) in [6.07, 6.45) is 4.00. The Morgan fingerprint density at radius 1 is 0.865 bits per heavy atom. The summed E-state index contributed by atoms with van der Waals surface area (Å²) < 4.78 is 41.8. The van der Waals surface area contributed by atoms with Crippen LogP contribution < -0.4 is 16.5 Å². The molecule has 0 aliphatic carbocycles. The number of benzene rings is 4. The Hall–Kier alpha value is -5.22. The van der Waals surface area contributed by atoms with Gasteiger partial charge in [-0.1, -0.05) is 12.1 Å². The summed E-state index contributed by atoms with van der Waals surface area (Å²) in [6, 6.07) is 17.0. The molecule has 2 aromatic heterocycles. The first kappa shape index (κ1) is 35.2. The molecule has 2 aliphatic heterocycles. The predicted octanol–water partition coefficient (Wildman–Crippen LogP) is 3.92. The van der Waals surface area contributed by atoms with Crippen molar-refractivity contribution in [2.75, 3.05) is 69.7 Å². The number of amides is 2. The summed E-state index contributed by atoms with van der Waals surface area (Å²) in [5.41, 5.74) is 10.3. The van der Waals surface area contributed by atoms with E-state index in [4.69, 9.17) is 10.3 Å². The minimum absolute atomic E-state index is 0.197. The number of rotatable bonds is 9. The first-order valence-corrected chi connectivity index (χ1v) is 18.9. The van der Waals surface area contributed by atoms with Crippen molar-refractivity contribution in [3.05, 3.63) is 94.2 Å². The lowest BCUT2D eigenvalue weighted by Crippen LogP contribution is -2.48. The van der Waals surface area contributed by atoms with Crippen LogP contribution in [0.15, 0.2) is 71.8 Å². The molecular formula is C37H38FN7O6S. The van der Waals surface area contributed by atoms with Crippen LogP contribution in [0.3, 0.4) is 0 Å². The Balaban J connectivity index is 0.000000789. The first-order valence-electron chi connectivity index (χ1n) is 17.0. The molecule has 6 aromatic rings. The van der Waals surface area contributed by atoms with Crippen LogP contribution in [-0.2, 0) is 10.1 Å². The van der Waals surface area contributed by atoms with Crippen molar-refractivity contribution in [2.24, 2.45) is 0 Å². The Bertz CT molecular complexity index is 2510. The number of halogens is 1. The number of nitrogen functional groups attached to an aromatic ring is 1. The zero-order chi connectivity index (χ0) is 36.7. The van der Waals surface area contributed by atoms with E-state index in [2.05, 4.69) is 20.1 Å². The fourth-order valence-corrected chi connectivity index (χ4v) is 7.30. The van der Waals surface area contributed by atoms with Crippen LogP contribution in [0.5, 0.6) is 0 Å². The van der Waals surface area contributed by atoms with Crippen molar-refractivity contribution < 1.29 is 27.0 Å². The van der Waals surface area contributed by atoms with Crippen LogP contribution in [0.2, 0.25) is 0 Å². The number of anilines is 2. The zero-order valence-corrected chi connectivity index (χ0v) is 29.3. The molecule has 4 N–H and O–H groups in total. The number of nitrogens with zero attached hydrogens (tertiary/aromatic N) is 5. The maximum atomic E-state index is 14.0. The number of piperazine rings is 1. The average Bonchev–Trinajstić information content (AvgIpc) is 3.53. The van der Waals surface area contributed by atoms with Gasteiger partial charge in [-0.15, -0.1) is 0 Å². The van der Waals surface area contributed by atoms with Crippen LogP contribution in [0.25, 0.3) is 38.1 Å². The predicted molar refractivity (Wildman–Crippen MR) is 199 cm³/mol. The van der Waals surface area contributed by atoms with Gasteiger partial charge in [-0.25, -0.2) is 9.37 Å². The molecule has 8 rings (SSSR count). The van der Waals surface area contributed by atoms with Crippen molar-refractivity contribution >= 4 is 71.4 Å². The Labute approximate surface area is 298 Å². The van der Waals surface area contributed by atoms with Crippen LogP contribution in [0.4, 0.5) is 15.8 Å². The second-order valence-corrected chi connectivity index (χ2v) is 14.7. The summed E-state index contributed by atoms with van der Waals surface area (Å²) in [7, 11) is -3.67. The van der Waals surface area contributed by atoms with E-state index in [-0.39, 0.29) is 17.2 Å². The molecule has 0 unspecified atom stereocenters. The standard InChI is InChI=1S/C36H34FN7O3.CH4O3S/c37-23-6-9-30-26(19-23)34(45)32-28(7-8-29-33(32)44(30)21-40-29)39-10-2-11-41-14-16-42(17-15-41)12-3-13-43-35(46)25-5-1-4-22-18-24(38)20-27(31(22)25)36(43)47;1-5(2,3)4/h1,4-9,18-21,39H,2-3,10-17,38H2;1H3,(H,2,3,4). The summed E-state index contributed by atoms with van der Waals surface area (Å²) in [5.74, 6) is -0.957. The van der Waals surface area contributed by atoms with E-state index in [0.29, 0.717) is 64.3 Å². The van der Waals surface area contributed by atoms with Gasteiger partial charge in [0.25, 0.3) is 21.9 Å². The summed E-state index contributed by atoms with van der Waals surface area (Å²) in [6.45, 7) is 6.50. The number of fused-ring (bicyclic) bond motifs is 2. The van der Waals surface area contributed by atoms with Gasteiger partial charge in [0, 0.05) is 67.0 Å². The quantitative estimate of drug-likeness (QED) is 0.0649. The van der Waals surface area contributed by atoms with Gasteiger partial charge >= 0.3 is 0 Å². The van der Waals surface area contributed by atoms with E-state index in [1.807, 2.05) is 28.7 Å². The molecule has 52 heavy (non-hydrogen) atoms. The molecule has 0 radical (unpaired) electrons. The molecule has 4 heterocycles. The van der Waals surface area contributed by atoms with Gasteiger partial charge in [0.1, 0.15) is 12.1 Å². The zero-order valence-electron chi connectivity index (χ0n) is 28.5. The SMILES string of the molecule is CS(=O)(=O)O.Nc1cc2c3c(cccc3c1)C(=O)N(CCCN1CCN(CCCNc3ccc4ncn5c6ccc(F)cc6c(=O)c3c45)CC1)C2=O. The molecule has 15 heteroatoms. The number of pyridine rings is 1. The minimum Gasteiger partial charge on any atom is -0.399 e. The van der Waals surface area contributed by atoms with Gasteiger partial charge in [-0.05, 0) is 79.8 Å². The highest BCUT2D eigenvalue weighted by molar-refractivity contribution is 7.85. The van der Waals surface area contributed by atoms with E-state index < -0.39 is 15.9 Å². The lowest BCUT2D eigenvalue weighted by atomic mass is 9.93. The molecule has 0 saturated carbocycles. The van der Waals surface area contributed by atoms with Gasteiger partial charge in [-0.3, -0.25) is 28.2 Å². The van der Waals surface area contributed by atoms with Gasteiger partial charge < -0.3 is 20.9 Å². The van der Waals surface area contributed by atoms with Gasteiger partial charge in [0.05, 0.1) is 33.8 Å². The Morgan fingerprint density at radius 2 is 1.56 bits per heavy atom. The molecule has 2 amide bonds. The molecule has 4 aromatic carbocycles. The van der Waals surface area contributed by atoms with Crippen LogP contribution in [0, 0.1) is 5.82 Å². The molecule has 0 bridgehead atoms. The number of imidazole rings is 1. The fourth-order valence-electron chi connectivity index (χ4n) is 7.30. The van der Waals surface area contributed by atoms with Crippen LogP contribution in [-0.4, -0.2) is 107 Å². The third-order valence-corrected chi connectivity index (χ3v) is 9.64. The van der Waals surface area contributed by atoms with Crippen molar-refractivity contribution in [1.29, 1.82) is 0 Å². The second-order valence-electron chi connectivity index (χ2n) is 13.2. The minimum atomic E-state index is -3.67. The lowest BCUT2D eigenvalue weighted by Gasteiger charge is -2.35. The van der Waals surface area contributed by atoms with Gasteiger partial charge in [-0.2, -0.15) is 8.42 Å². The number of nitrogens with one attached hydrogen (secondary N) is 1. The largest absolute Gasteiger partial charge is 0.399 e. The number of carbonyl (C=O) groups excluding carboxylic acids is 2. The Morgan fingerprint density at radius 3 is 2.29 bits per heavy atom. The lowest BCUT2D eigenvalue weighted by molar-refractivity contribution is 0.0597. The molecule has 0 spiro atoms. The number of carbonyl (C=O) groups is 2. The summed E-state index contributed by atoms with van der Waals surface area (Å²) in [5, 5.41) is 5.83.